The Morgan fingerprint density at radius 3 is 2.63 bits per heavy atom. The molecule has 0 amide bonds. The third kappa shape index (κ3) is 4.82. The lowest BCUT2D eigenvalue weighted by molar-refractivity contribution is -0.384. The third-order valence-corrected chi connectivity index (χ3v) is 7.87. The van der Waals surface area contributed by atoms with Crippen LogP contribution in [0.3, 0.4) is 0 Å². The molecule has 8 nitrogen and oxygen atoms in total. The number of para-hydroxylation sites is 1. The summed E-state index contributed by atoms with van der Waals surface area (Å²) in [6.45, 7) is -0.114. The summed E-state index contributed by atoms with van der Waals surface area (Å²) in [7, 11) is 0. The largest absolute Gasteiger partial charge is 0.457 e. The highest BCUT2D eigenvalue weighted by atomic mass is 16.6. The molecule has 0 aliphatic heterocycles. The topological polar surface area (TPSA) is 113 Å². The molecule has 0 N–H and O–H groups in total. The number of nitro benzene ring substituents is 1. The summed E-state index contributed by atoms with van der Waals surface area (Å²) in [5.74, 6) is -0.506. The normalized spacial score (nSPS) is 13.8. The molecule has 0 saturated carbocycles. The maximum atomic E-state index is 13.9. The Morgan fingerprint density at radius 1 is 0.953 bits per heavy atom. The maximum absolute atomic E-state index is 13.9. The molecule has 1 aliphatic carbocycles. The van der Waals surface area contributed by atoms with Crippen LogP contribution in [0.25, 0.3) is 44.3 Å². The first-order valence-electron chi connectivity index (χ1n) is 13.9. The molecule has 43 heavy (non-hydrogen) atoms. The molecule has 2 heterocycles. The zero-order valence-corrected chi connectivity index (χ0v) is 22.9. The van der Waals surface area contributed by atoms with Gasteiger partial charge in [-0.15, -0.1) is 0 Å². The quantitative estimate of drug-likeness (QED) is 0.0690. The third-order valence-electron chi connectivity index (χ3n) is 7.87. The van der Waals surface area contributed by atoms with Crippen LogP contribution < -0.4 is 5.63 Å². The van der Waals surface area contributed by atoms with Crippen molar-refractivity contribution in [3.8, 4) is 0 Å². The lowest BCUT2D eigenvalue weighted by Crippen LogP contribution is -2.16. The Kier molecular flexibility index (Phi) is 6.51. The van der Waals surface area contributed by atoms with Gasteiger partial charge < -0.3 is 9.15 Å². The van der Waals surface area contributed by atoms with Crippen molar-refractivity contribution in [1.82, 2.24) is 4.98 Å². The SMILES string of the molecule is O=C(OCc1cc(=O)oc2ccc3ccccc3c12)c1c2c(nc3ccccc13)/C(=C/c1cccc([N+](=O)[O-])c1)CCC2. The fourth-order valence-corrected chi connectivity index (χ4v) is 5.99. The van der Waals surface area contributed by atoms with E-state index < -0.39 is 16.5 Å². The molecular weight excluding hydrogens is 544 g/mol. The molecule has 210 valence electrons. The Morgan fingerprint density at radius 2 is 1.77 bits per heavy atom. The molecule has 0 radical (unpaired) electrons. The molecule has 0 saturated heterocycles. The lowest BCUT2D eigenvalue weighted by atomic mass is 9.86. The summed E-state index contributed by atoms with van der Waals surface area (Å²) < 4.78 is 11.4. The number of carbonyl (C=O) groups excluding carboxylic acids is 1. The van der Waals surface area contributed by atoms with Gasteiger partial charge in [0.1, 0.15) is 12.2 Å². The number of hydrogen-bond donors (Lipinski definition) is 0. The van der Waals surface area contributed by atoms with Gasteiger partial charge in [0.2, 0.25) is 0 Å². The van der Waals surface area contributed by atoms with Gasteiger partial charge in [0.25, 0.3) is 5.69 Å². The Hall–Kier alpha value is -5.63. The average molecular weight is 569 g/mol. The van der Waals surface area contributed by atoms with E-state index in [1.54, 1.807) is 12.1 Å². The smallest absolute Gasteiger partial charge is 0.339 e. The van der Waals surface area contributed by atoms with Gasteiger partial charge in [-0.3, -0.25) is 10.1 Å². The molecule has 0 spiro atoms. The number of pyridine rings is 1. The summed E-state index contributed by atoms with van der Waals surface area (Å²) in [5, 5.41) is 14.6. The van der Waals surface area contributed by atoms with E-state index >= 15 is 0 Å². The lowest BCUT2D eigenvalue weighted by Gasteiger charge is -2.22. The number of non-ortho nitro benzene ring substituents is 1. The minimum absolute atomic E-state index is 0.0105. The summed E-state index contributed by atoms with van der Waals surface area (Å²) in [6.07, 6.45) is 4.04. The zero-order valence-electron chi connectivity index (χ0n) is 22.9. The van der Waals surface area contributed by atoms with Gasteiger partial charge in [-0.1, -0.05) is 60.7 Å². The number of allylic oxidation sites excluding steroid dienone is 1. The molecule has 7 rings (SSSR count). The number of rotatable bonds is 5. The van der Waals surface area contributed by atoms with Gasteiger partial charge in [-0.2, -0.15) is 0 Å². The van der Waals surface area contributed by atoms with Gasteiger partial charge in [0, 0.05) is 34.5 Å². The number of nitro groups is 1. The van der Waals surface area contributed by atoms with Crippen LogP contribution in [0.1, 0.15) is 45.6 Å². The average Bonchev–Trinajstić information content (AvgIpc) is 3.02. The second-order valence-electron chi connectivity index (χ2n) is 10.5. The van der Waals surface area contributed by atoms with Crippen LogP contribution in [-0.4, -0.2) is 15.9 Å². The van der Waals surface area contributed by atoms with Crippen molar-refractivity contribution in [1.29, 1.82) is 0 Å². The van der Waals surface area contributed by atoms with Crippen LogP contribution in [0.4, 0.5) is 5.69 Å². The van der Waals surface area contributed by atoms with Gasteiger partial charge in [0.15, 0.2) is 0 Å². The van der Waals surface area contributed by atoms with Crippen molar-refractivity contribution in [2.24, 2.45) is 0 Å². The first kappa shape index (κ1) is 26.3. The van der Waals surface area contributed by atoms with Crippen LogP contribution in [0, 0.1) is 10.1 Å². The van der Waals surface area contributed by atoms with Crippen LogP contribution in [0.2, 0.25) is 0 Å². The van der Waals surface area contributed by atoms with Gasteiger partial charge in [-0.25, -0.2) is 14.6 Å². The number of benzene rings is 4. The van der Waals surface area contributed by atoms with E-state index in [4.69, 9.17) is 14.1 Å². The van der Waals surface area contributed by atoms with Crippen molar-refractivity contribution in [3.05, 3.63) is 139 Å². The van der Waals surface area contributed by atoms with Gasteiger partial charge >= 0.3 is 11.6 Å². The first-order chi connectivity index (χ1) is 21.0. The molecular formula is C35H24N2O6. The molecule has 4 aromatic carbocycles. The first-order valence-corrected chi connectivity index (χ1v) is 13.9. The van der Waals surface area contributed by atoms with E-state index in [1.807, 2.05) is 66.7 Å². The number of carbonyl (C=O) groups is 1. The summed E-state index contributed by atoms with van der Waals surface area (Å²) in [5.41, 5.74) is 4.66. The molecule has 8 heteroatoms. The molecule has 0 fully saturated rings. The molecule has 1 aliphatic rings. The van der Waals surface area contributed by atoms with Crippen molar-refractivity contribution < 1.29 is 18.9 Å². The minimum Gasteiger partial charge on any atom is -0.457 e. The molecule has 2 aromatic heterocycles. The number of ether oxygens (including phenoxy) is 1. The molecule has 0 bridgehead atoms. The standard InChI is InChI=1S/C35H24N2O6/c38-31-19-24(32-26-11-2-1-8-22(26)15-16-30(32)43-31)20-42-35(39)33-27-12-3-4-14-29(27)36-34-23(9-6-13-28(33)34)17-21-7-5-10-25(18-21)37(40)41/h1-5,7-8,10-12,14-19H,6,9,13,20H2/b23-17+. The fraction of sp³-hybridized carbons (Fsp3) is 0.114. The van der Waals surface area contributed by atoms with Crippen molar-refractivity contribution in [2.75, 3.05) is 0 Å². The highest BCUT2D eigenvalue weighted by Gasteiger charge is 2.26. The van der Waals surface area contributed by atoms with E-state index in [1.165, 1.54) is 18.2 Å². The summed E-state index contributed by atoms with van der Waals surface area (Å²) in [4.78, 5) is 42.2. The van der Waals surface area contributed by atoms with E-state index in [2.05, 4.69) is 0 Å². The number of nitrogens with zero attached hydrogens (tertiary/aromatic N) is 2. The number of hydrogen-bond acceptors (Lipinski definition) is 7. The summed E-state index contributed by atoms with van der Waals surface area (Å²) >= 11 is 0. The van der Waals surface area contributed by atoms with Crippen LogP contribution in [0.5, 0.6) is 0 Å². The van der Waals surface area contributed by atoms with Crippen LogP contribution in [0.15, 0.2) is 100 Å². The fourth-order valence-electron chi connectivity index (χ4n) is 5.99. The highest BCUT2D eigenvalue weighted by molar-refractivity contribution is 6.08. The molecule has 0 unspecified atom stereocenters. The maximum Gasteiger partial charge on any atom is 0.339 e. The monoisotopic (exact) mass is 568 g/mol. The van der Waals surface area contributed by atoms with Crippen molar-refractivity contribution in [3.63, 3.8) is 0 Å². The number of fused-ring (bicyclic) bond motifs is 5. The van der Waals surface area contributed by atoms with E-state index in [0.717, 1.165) is 33.7 Å². The van der Waals surface area contributed by atoms with E-state index in [-0.39, 0.29) is 12.3 Å². The van der Waals surface area contributed by atoms with E-state index in [9.17, 15) is 19.7 Å². The Bertz CT molecular complexity index is 2200. The number of esters is 1. The summed E-state index contributed by atoms with van der Waals surface area (Å²) in [6, 6.07) is 26.7. The van der Waals surface area contributed by atoms with Gasteiger partial charge in [-0.05, 0) is 64.9 Å². The second-order valence-corrected chi connectivity index (χ2v) is 10.5. The molecule has 6 aromatic rings. The van der Waals surface area contributed by atoms with Crippen LogP contribution in [-0.2, 0) is 17.8 Å². The second kappa shape index (κ2) is 10.6. The van der Waals surface area contributed by atoms with Gasteiger partial charge in [0.05, 0.1) is 21.7 Å². The van der Waals surface area contributed by atoms with E-state index in [0.29, 0.717) is 51.7 Å². The predicted octanol–water partition coefficient (Wildman–Crippen LogP) is 7.64. The number of aromatic nitrogens is 1. The predicted molar refractivity (Wildman–Crippen MR) is 165 cm³/mol. The zero-order chi connectivity index (χ0) is 29.5. The highest BCUT2D eigenvalue weighted by Crippen LogP contribution is 2.37. The minimum atomic E-state index is -0.517. The Labute approximate surface area is 245 Å². The van der Waals surface area contributed by atoms with Crippen molar-refractivity contribution >= 4 is 56.0 Å². The molecule has 0 atom stereocenters. The van der Waals surface area contributed by atoms with Crippen molar-refractivity contribution in [2.45, 2.75) is 25.9 Å². The Balaban J connectivity index is 1.31. The van der Waals surface area contributed by atoms with Crippen LogP contribution >= 0.6 is 0 Å².